The average molecular weight is 281 g/mol. The fourth-order valence-corrected chi connectivity index (χ4v) is 1.90. The standard InChI is InChI=1S/C14H14ClFN2O/c1-8-5-12(17)10(15)7-13(8)18-9-3-4-14(19-2)11(16)6-9/h3-7,18H,17H2,1-2H3. The maximum atomic E-state index is 13.6. The first-order valence-corrected chi connectivity index (χ1v) is 6.05. The first-order valence-electron chi connectivity index (χ1n) is 5.67. The topological polar surface area (TPSA) is 47.3 Å². The third-order valence-corrected chi connectivity index (χ3v) is 3.10. The maximum absolute atomic E-state index is 13.6. The third-order valence-electron chi connectivity index (χ3n) is 2.77. The van der Waals surface area contributed by atoms with Crippen molar-refractivity contribution < 1.29 is 9.13 Å². The van der Waals surface area contributed by atoms with Crippen molar-refractivity contribution in [2.75, 3.05) is 18.2 Å². The third kappa shape index (κ3) is 2.90. The molecule has 0 amide bonds. The highest BCUT2D eigenvalue weighted by molar-refractivity contribution is 6.33. The largest absolute Gasteiger partial charge is 0.494 e. The SMILES string of the molecule is COc1ccc(Nc2cc(Cl)c(N)cc2C)cc1F. The molecule has 0 bridgehead atoms. The van der Waals surface area contributed by atoms with Gasteiger partial charge >= 0.3 is 0 Å². The van der Waals surface area contributed by atoms with Crippen LogP contribution in [0.15, 0.2) is 30.3 Å². The minimum absolute atomic E-state index is 0.206. The smallest absolute Gasteiger partial charge is 0.167 e. The number of ether oxygens (including phenoxy) is 1. The number of nitrogens with one attached hydrogen (secondary N) is 1. The molecule has 0 aliphatic carbocycles. The second-order valence-electron chi connectivity index (χ2n) is 4.16. The molecule has 0 saturated carbocycles. The molecule has 0 saturated heterocycles. The Morgan fingerprint density at radius 2 is 2.00 bits per heavy atom. The van der Waals surface area contributed by atoms with Gasteiger partial charge in [0.05, 0.1) is 17.8 Å². The Hall–Kier alpha value is -1.94. The van der Waals surface area contributed by atoms with Crippen molar-refractivity contribution in [3.63, 3.8) is 0 Å². The molecule has 0 aliphatic heterocycles. The van der Waals surface area contributed by atoms with Crippen LogP contribution in [0.25, 0.3) is 0 Å². The second-order valence-corrected chi connectivity index (χ2v) is 4.57. The molecule has 0 fully saturated rings. The van der Waals surface area contributed by atoms with Crippen LogP contribution in [0, 0.1) is 12.7 Å². The lowest BCUT2D eigenvalue weighted by atomic mass is 10.1. The van der Waals surface area contributed by atoms with E-state index < -0.39 is 5.82 Å². The van der Waals surface area contributed by atoms with Gasteiger partial charge in [-0.3, -0.25) is 0 Å². The molecule has 0 spiro atoms. The maximum Gasteiger partial charge on any atom is 0.167 e. The molecule has 19 heavy (non-hydrogen) atoms. The zero-order valence-corrected chi connectivity index (χ0v) is 11.4. The van der Waals surface area contributed by atoms with Crippen LogP contribution in [-0.4, -0.2) is 7.11 Å². The molecular weight excluding hydrogens is 267 g/mol. The molecule has 3 nitrogen and oxygen atoms in total. The summed E-state index contributed by atoms with van der Waals surface area (Å²) < 4.78 is 18.5. The Kier molecular flexibility index (Phi) is 3.81. The van der Waals surface area contributed by atoms with E-state index in [0.29, 0.717) is 16.4 Å². The number of benzene rings is 2. The van der Waals surface area contributed by atoms with E-state index >= 15 is 0 Å². The molecule has 0 aromatic heterocycles. The zero-order chi connectivity index (χ0) is 14.0. The molecule has 0 radical (unpaired) electrons. The molecule has 0 heterocycles. The summed E-state index contributed by atoms with van der Waals surface area (Å²) in [6, 6.07) is 8.14. The number of anilines is 3. The van der Waals surface area contributed by atoms with Gasteiger partial charge < -0.3 is 15.8 Å². The number of aryl methyl sites for hydroxylation is 1. The first-order chi connectivity index (χ1) is 9.01. The van der Waals surface area contributed by atoms with E-state index in [1.165, 1.54) is 13.2 Å². The van der Waals surface area contributed by atoms with Crippen molar-refractivity contribution in [2.24, 2.45) is 0 Å². The highest BCUT2D eigenvalue weighted by Gasteiger charge is 2.07. The van der Waals surface area contributed by atoms with Crippen LogP contribution in [-0.2, 0) is 0 Å². The number of nitrogen functional groups attached to an aromatic ring is 1. The van der Waals surface area contributed by atoms with Crippen molar-refractivity contribution in [1.82, 2.24) is 0 Å². The van der Waals surface area contributed by atoms with E-state index in [-0.39, 0.29) is 5.75 Å². The molecule has 100 valence electrons. The molecule has 2 aromatic carbocycles. The van der Waals surface area contributed by atoms with E-state index in [9.17, 15) is 4.39 Å². The van der Waals surface area contributed by atoms with Crippen LogP contribution < -0.4 is 15.8 Å². The Morgan fingerprint density at radius 3 is 2.63 bits per heavy atom. The van der Waals surface area contributed by atoms with Gasteiger partial charge in [-0.1, -0.05) is 11.6 Å². The predicted molar refractivity (Wildman–Crippen MR) is 76.8 cm³/mol. The van der Waals surface area contributed by atoms with Crippen LogP contribution in [0.5, 0.6) is 5.75 Å². The van der Waals surface area contributed by atoms with Gasteiger partial charge in [0.15, 0.2) is 11.6 Å². The summed E-state index contributed by atoms with van der Waals surface area (Å²) in [6.45, 7) is 1.90. The van der Waals surface area contributed by atoms with Crippen molar-refractivity contribution in [3.8, 4) is 5.75 Å². The number of nitrogens with two attached hydrogens (primary N) is 1. The molecule has 3 N–H and O–H groups in total. The monoisotopic (exact) mass is 280 g/mol. The lowest BCUT2D eigenvalue weighted by molar-refractivity contribution is 0.386. The summed E-state index contributed by atoms with van der Waals surface area (Å²) in [4.78, 5) is 0. The van der Waals surface area contributed by atoms with Gasteiger partial charge in [-0.2, -0.15) is 0 Å². The summed E-state index contributed by atoms with van der Waals surface area (Å²) in [5.41, 5.74) is 8.55. The summed E-state index contributed by atoms with van der Waals surface area (Å²) in [6.07, 6.45) is 0. The van der Waals surface area contributed by atoms with Crippen LogP contribution in [0.2, 0.25) is 5.02 Å². The number of halogens is 2. The molecule has 2 aromatic rings. The Labute approximate surface area is 116 Å². The van der Waals surface area contributed by atoms with Crippen LogP contribution in [0.1, 0.15) is 5.56 Å². The van der Waals surface area contributed by atoms with Crippen molar-refractivity contribution in [2.45, 2.75) is 6.92 Å². The van der Waals surface area contributed by atoms with Gasteiger partial charge in [0.1, 0.15) is 0 Å². The molecule has 0 aliphatic rings. The molecule has 2 rings (SSSR count). The summed E-state index contributed by atoms with van der Waals surface area (Å²) in [5.74, 6) is -0.218. The first kappa shape index (κ1) is 13.5. The quantitative estimate of drug-likeness (QED) is 0.831. The number of hydrogen-bond donors (Lipinski definition) is 2. The summed E-state index contributed by atoms with van der Waals surface area (Å²) in [7, 11) is 1.43. The number of rotatable bonds is 3. The molecule has 0 atom stereocenters. The second kappa shape index (κ2) is 5.36. The lowest BCUT2D eigenvalue weighted by Crippen LogP contribution is -1.97. The van der Waals surface area contributed by atoms with Gasteiger partial charge in [-0.05, 0) is 36.8 Å². The number of hydrogen-bond acceptors (Lipinski definition) is 3. The van der Waals surface area contributed by atoms with Gasteiger partial charge in [0.25, 0.3) is 0 Å². The van der Waals surface area contributed by atoms with Gasteiger partial charge in [-0.15, -0.1) is 0 Å². The minimum Gasteiger partial charge on any atom is -0.494 e. The Balaban J connectivity index is 2.31. The normalized spacial score (nSPS) is 10.3. The van der Waals surface area contributed by atoms with E-state index in [0.717, 1.165) is 11.3 Å². The Morgan fingerprint density at radius 1 is 1.26 bits per heavy atom. The van der Waals surface area contributed by atoms with Crippen molar-refractivity contribution in [1.29, 1.82) is 0 Å². The highest BCUT2D eigenvalue weighted by atomic mass is 35.5. The highest BCUT2D eigenvalue weighted by Crippen LogP contribution is 2.30. The van der Waals surface area contributed by atoms with Crippen LogP contribution in [0.3, 0.4) is 0 Å². The molecule has 0 unspecified atom stereocenters. The van der Waals surface area contributed by atoms with E-state index in [1.54, 1.807) is 24.3 Å². The van der Waals surface area contributed by atoms with Crippen LogP contribution >= 0.6 is 11.6 Å². The predicted octanol–water partition coefficient (Wildman–Crippen LogP) is 4.12. The van der Waals surface area contributed by atoms with Crippen LogP contribution in [0.4, 0.5) is 21.5 Å². The summed E-state index contributed by atoms with van der Waals surface area (Å²) in [5, 5.41) is 3.56. The molecule has 5 heteroatoms. The van der Waals surface area contributed by atoms with E-state index in [4.69, 9.17) is 22.1 Å². The van der Waals surface area contributed by atoms with E-state index in [1.807, 2.05) is 6.92 Å². The van der Waals surface area contributed by atoms with Gasteiger partial charge in [0.2, 0.25) is 0 Å². The fraction of sp³-hybridized carbons (Fsp3) is 0.143. The average Bonchev–Trinajstić information content (AvgIpc) is 2.36. The summed E-state index contributed by atoms with van der Waals surface area (Å²) >= 11 is 5.97. The van der Waals surface area contributed by atoms with Crippen molar-refractivity contribution in [3.05, 3.63) is 46.7 Å². The minimum atomic E-state index is -0.424. The molecular formula is C14H14ClFN2O. The van der Waals surface area contributed by atoms with Gasteiger partial charge in [-0.25, -0.2) is 4.39 Å². The zero-order valence-electron chi connectivity index (χ0n) is 10.6. The van der Waals surface area contributed by atoms with E-state index in [2.05, 4.69) is 5.32 Å². The lowest BCUT2D eigenvalue weighted by Gasteiger charge is -2.12. The fourth-order valence-electron chi connectivity index (χ4n) is 1.74. The van der Waals surface area contributed by atoms with Crippen molar-refractivity contribution >= 4 is 28.7 Å². The number of methoxy groups -OCH3 is 1. The Bertz CT molecular complexity index is 617. The van der Waals surface area contributed by atoms with Gasteiger partial charge in [0, 0.05) is 17.4 Å².